The molecule has 0 spiro atoms. The molecule has 2 rings (SSSR count). The van der Waals surface area contributed by atoms with Gasteiger partial charge in [-0.3, -0.25) is 4.79 Å². The topological polar surface area (TPSA) is 42.0 Å². The minimum atomic E-state index is -0.142. The zero-order chi connectivity index (χ0) is 13.8. The van der Waals surface area contributed by atoms with Crippen molar-refractivity contribution in [1.82, 2.24) is 10.3 Å². The lowest BCUT2D eigenvalue weighted by Gasteiger charge is -2.14. The number of pyridine rings is 1. The van der Waals surface area contributed by atoms with Crippen molar-refractivity contribution in [2.24, 2.45) is 0 Å². The molecule has 1 N–H and O–H groups in total. The molecule has 0 bridgehead atoms. The molecule has 0 aliphatic heterocycles. The number of nitrogens with zero attached hydrogens (tertiary/aromatic N) is 1. The largest absolute Gasteiger partial charge is 0.344 e. The molecule has 0 saturated carbocycles. The second kappa shape index (κ2) is 5.65. The highest BCUT2D eigenvalue weighted by atomic mass is 16.1. The molecule has 1 amide bonds. The lowest BCUT2D eigenvalue weighted by atomic mass is 10.1. The third-order valence-corrected chi connectivity index (χ3v) is 3.05. The van der Waals surface area contributed by atoms with Gasteiger partial charge in [0.15, 0.2) is 0 Å². The van der Waals surface area contributed by atoms with E-state index in [-0.39, 0.29) is 11.9 Å². The number of rotatable bonds is 3. The van der Waals surface area contributed by atoms with E-state index in [1.165, 1.54) is 5.56 Å². The number of hydrogen-bond acceptors (Lipinski definition) is 2. The number of aromatic nitrogens is 1. The fraction of sp³-hybridized carbons (Fsp3) is 0.250. The summed E-state index contributed by atoms with van der Waals surface area (Å²) in [5.74, 6) is -0.142. The van der Waals surface area contributed by atoms with Gasteiger partial charge < -0.3 is 5.32 Å². The lowest BCUT2D eigenvalue weighted by molar-refractivity contribution is 0.0934. The molecule has 1 aromatic carbocycles. The van der Waals surface area contributed by atoms with E-state index in [1.54, 1.807) is 6.07 Å². The van der Waals surface area contributed by atoms with Crippen LogP contribution in [-0.4, -0.2) is 10.9 Å². The molecular weight excluding hydrogens is 236 g/mol. The van der Waals surface area contributed by atoms with Gasteiger partial charge in [-0.25, -0.2) is 4.98 Å². The fourth-order valence-electron chi connectivity index (χ4n) is 1.88. The van der Waals surface area contributed by atoms with Crippen LogP contribution in [0.3, 0.4) is 0 Å². The Kier molecular flexibility index (Phi) is 3.95. The molecule has 1 aromatic heterocycles. The molecule has 0 fully saturated rings. The zero-order valence-electron chi connectivity index (χ0n) is 11.5. The second-order valence-electron chi connectivity index (χ2n) is 4.77. The Hall–Kier alpha value is -2.16. The maximum atomic E-state index is 12.1. The van der Waals surface area contributed by atoms with Gasteiger partial charge in [0.2, 0.25) is 0 Å². The minimum absolute atomic E-state index is 0.0320. The second-order valence-corrected chi connectivity index (χ2v) is 4.77. The van der Waals surface area contributed by atoms with Crippen LogP contribution in [0.15, 0.2) is 42.5 Å². The standard InChI is InChI=1S/C16H18N2O/c1-11-7-9-14(10-8-11)13(3)18-16(19)15-6-4-5-12(2)17-15/h4-10,13H,1-3H3,(H,18,19). The Morgan fingerprint density at radius 1 is 1.11 bits per heavy atom. The SMILES string of the molecule is Cc1ccc(C(C)NC(=O)c2cccc(C)n2)cc1. The molecule has 98 valence electrons. The molecule has 2 aromatic rings. The Morgan fingerprint density at radius 2 is 1.79 bits per heavy atom. The minimum Gasteiger partial charge on any atom is -0.344 e. The van der Waals surface area contributed by atoms with Gasteiger partial charge in [-0.15, -0.1) is 0 Å². The smallest absolute Gasteiger partial charge is 0.270 e. The van der Waals surface area contributed by atoms with E-state index >= 15 is 0 Å². The molecule has 3 heteroatoms. The van der Waals surface area contributed by atoms with Gasteiger partial charge in [0.05, 0.1) is 6.04 Å². The summed E-state index contributed by atoms with van der Waals surface area (Å²) in [6.07, 6.45) is 0. The number of benzene rings is 1. The van der Waals surface area contributed by atoms with Crippen LogP contribution < -0.4 is 5.32 Å². The van der Waals surface area contributed by atoms with Gasteiger partial charge in [-0.05, 0) is 38.5 Å². The summed E-state index contributed by atoms with van der Waals surface area (Å²) in [7, 11) is 0. The molecule has 0 saturated heterocycles. The molecule has 1 unspecified atom stereocenters. The Balaban J connectivity index is 2.08. The van der Waals surface area contributed by atoms with E-state index in [0.717, 1.165) is 11.3 Å². The van der Waals surface area contributed by atoms with E-state index in [0.29, 0.717) is 5.69 Å². The van der Waals surface area contributed by atoms with Crippen molar-refractivity contribution in [3.63, 3.8) is 0 Å². The number of nitrogens with one attached hydrogen (secondary N) is 1. The quantitative estimate of drug-likeness (QED) is 0.914. The van der Waals surface area contributed by atoms with Crippen LogP contribution in [0.5, 0.6) is 0 Å². The van der Waals surface area contributed by atoms with Crippen molar-refractivity contribution in [3.05, 3.63) is 65.0 Å². The van der Waals surface area contributed by atoms with E-state index in [1.807, 2.05) is 57.2 Å². The first-order chi connectivity index (χ1) is 9.06. The molecule has 3 nitrogen and oxygen atoms in total. The van der Waals surface area contributed by atoms with E-state index < -0.39 is 0 Å². The normalized spacial score (nSPS) is 11.9. The Labute approximate surface area is 113 Å². The van der Waals surface area contributed by atoms with Gasteiger partial charge in [0.25, 0.3) is 5.91 Å². The maximum Gasteiger partial charge on any atom is 0.270 e. The first kappa shape index (κ1) is 13.3. The van der Waals surface area contributed by atoms with Gasteiger partial charge in [-0.1, -0.05) is 35.9 Å². The molecule has 0 radical (unpaired) electrons. The van der Waals surface area contributed by atoms with Crippen LogP contribution in [0.25, 0.3) is 0 Å². The van der Waals surface area contributed by atoms with Gasteiger partial charge in [0, 0.05) is 5.69 Å². The van der Waals surface area contributed by atoms with E-state index in [9.17, 15) is 4.79 Å². The van der Waals surface area contributed by atoms with Crippen LogP contribution in [0.2, 0.25) is 0 Å². The number of carbonyl (C=O) groups excluding carboxylic acids is 1. The van der Waals surface area contributed by atoms with Crippen molar-refractivity contribution in [1.29, 1.82) is 0 Å². The summed E-state index contributed by atoms with van der Waals surface area (Å²) in [6.45, 7) is 5.89. The lowest BCUT2D eigenvalue weighted by Crippen LogP contribution is -2.27. The van der Waals surface area contributed by atoms with Crippen molar-refractivity contribution in [2.75, 3.05) is 0 Å². The average Bonchev–Trinajstić information content (AvgIpc) is 2.39. The van der Waals surface area contributed by atoms with Crippen LogP contribution in [-0.2, 0) is 0 Å². The summed E-state index contributed by atoms with van der Waals surface area (Å²) < 4.78 is 0. The molecular formula is C16H18N2O. The first-order valence-corrected chi connectivity index (χ1v) is 6.37. The highest BCUT2D eigenvalue weighted by molar-refractivity contribution is 5.92. The predicted molar refractivity (Wildman–Crippen MR) is 76.0 cm³/mol. The summed E-state index contributed by atoms with van der Waals surface area (Å²) in [6, 6.07) is 13.6. The summed E-state index contributed by atoms with van der Waals surface area (Å²) >= 11 is 0. The highest BCUT2D eigenvalue weighted by Gasteiger charge is 2.12. The maximum absolute atomic E-state index is 12.1. The average molecular weight is 254 g/mol. The Morgan fingerprint density at radius 3 is 2.42 bits per heavy atom. The van der Waals surface area contributed by atoms with Crippen molar-refractivity contribution >= 4 is 5.91 Å². The molecule has 1 atom stereocenters. The van der Waals surface area contributed by atoms with Crippen molar-refractivity contribution in [3.8, 4) is 0 Å². The number of amides is 1. The van der Waals surface area contributed by atoms with Gasteiger partial charge >= 0.3 is 0 Å². The third kappa shape index (κ3) is 3.41. The Bertz CT molecular complexity index is 576. The summed E-state index contributed by atoms with van der Waals surface area (Å²) in [5, 5.41) is 2.96. The molecule has 0 aliphatic rings. The number of hydrogen-bond donors (Lipinski definition) is 1. The highest BCUT2D eigenvalue weighted by Crippen LogP contribution is 2.13. The predicted octanol–water partition coefficient (Wildman–Crippen LogP) is 3.19. The van der Waals surface area contributed by atoms with Crippen molar-refractivity contribution in [2.45, 2.75) is 26.8 Å². The van der Waals surface area contributed by atoms with Crippen LogP contribution in [0.4, 0.5) is 0 Å². The molecule has 0 aliphatic carbocycles. The fourth-order valence-corrected chi connectivity index (χ4v) is 1.88. The van der Waals surface area contributed by atoms with Crippen LogP contribution >= 0.6 is 0 Å². The van der Waals surface area contributed by atoms with Gasteiger partial charge in [-0.2, -0.15) is 0 Å². The van der Waals surface area contributed by atoms with Crippen LogP contribution in [0, 0.1) is 13.8 Å². The van der Waals surface area contributed by atoms with E-state index in [2.05, 4.69) is 10.3 Å². The zero-order valence-corrected chi connectivity index (χ0v) is 11.5. The monoisotopic (exact) mass is 254 g/mol. The van der Waals surface area contributed by atoms with Crippen LogP contribution in [0.1, 0.15) is 40.3 Å². The molecule has 1 heterocycles. The molecule has 19 heavy (non-hydrogen) atoms. The first-order valence-electron chi connectivity index (χ1n) is 6.37. The van der Waals surface area contributed by atoms with E-state index in [4.69, 9.17) is 0 Å². The van der Waals surface area contributed by atoms with Crippen molar-refractivity contribution < 1.29 is 4.79 Å². The third-order valence-electron chi connectivity index (χ3n) is 3.05. The number of aryl methyl sites for hydroxylation is 2. The summed E-state index contributed by atoms with van der Waals surface area (Å²) in [4.78, 5) is 16.3. The number of carbonyl (C=O) groups is 1. The van der Waals surface area contributed by atoms with Gasteiger partial charge in [0.1, 0.15) is 5.69 Å². The summed E-state index contributed by atoms with van der Waals surface area (Å²) in [5.41, 5.74) is 3.60.